The molecule has 19 heavy (non-hydrogen) atoms. The molecule has 0 aromatic carbocycles. The Morgan fingerprint density at radius 1 is 1.42 bits per heavy atom. The van der Waals surface area contributed by atoms with Crippen molar-refractivity contribution < 1.29 is 14.3 Å². The van der Waals surface area contributed by atoms with Gasteiger partial charge in [0.25, 0.3) is 0 Å². The first-order valence-corrected chi connectivity index (χ1v) is 6.37. The molecule has 0 spiro atoms. The van der Waals surface area contributed by atoms with E-state index in [0.29, 0.717) is 19.7 Å². The van der Waals surface area contributed by atoms with Crippen molar-refractivity contribution in [3.63, 3.8) is 0 Å². The second-order valence-electron chi connectivity index (χ2n) is 4.32. The molecule has 0 heterocycles. The van der Waals surface area contributed by atoms with Crippen molar-refractivity contribution in [1.82, 2.24) is 15.5 Å². The normalized spacial score (nSPS) is 12.0. The van der Waals surface area contributed by atoms with E-state index < -0.39 is 0 Å². The summed E-state index contributed by atoms with van der Waals surface area (Å²) in [6.07, 6.45) is 2.40. The van der Waals surface area contributed by atoms with Crippen LogP contribution in [0.4, 0.5) is 0 Å². The van der Waals surface area contributed by atoms with Crippen LogP contribution in [0.1, 0.15) is 13.3 Å². The van der Waals surface area contributed by atoms with Crippen LogP contribution >= 0.6 is 0 Å². The number of carbonyl (C=O) groups is 2. The van der Waals surface area contributed by atoms with Gasteiger partial charge in [0.2, 0.25) is 11.8 Å². The smallest absolute Gasteiger partial charge is 0.237 e. The average Bonchev–Trinajstić information content (AvgIpc) is 2.39. The third kappa shape index (κ3) is 8.34. The lowest BCUT2D eigenvalue weighted by atomic mass is 10.2. The predicted octanol–water partition coefficient (Wildman–Crippen LogP) is -0.238. The summed E-state index contributed by atoms with van der Waals surface area (Å²) in [6.45, 7) is 7.12. The Labute approximate surface area is 115 Å². The highest BCUT2D eigenvalue weighted by Gasteiger charge is 2.19. The molecule has 0 aliphatic carbocycles. The highest BCUT2D eigenvalue weighted by Crippen LogP contribution is 1.95. The first kappa shape index (κ1) is 17.6. The number of hydrogen-bond acceptors (Lipinski definition) is 4. The number of nitrogens with zero attached hydrogens (tertiary/aromatic N) is 1. The number of methoxy groups -OCH3 is 1. The Kier molecular flexibility index (Phi) is 9.74. The minimum Gasteiger partial charge on any atom is -0.385 e. The Hall–Kier alpha value is -1.40. The maximum Gasteiger partial charge on any atom is 0.237 e. The van der Waals surface area contributed by atoms with Crippen LogP contribution in [0.15, 0.2) is 12.7 Å². The number of nitrogens with one attached hydrogen (secondary N) is 2. The second kappa shape index (κ2) is 10.5. The molecule has 0 saturated heterocycles. The highest BCUT2D eigenvalue weighted by atomic mass is 16.5. The van der Waals surface area contributed by atoms with Crippen LogP contribution < -0.4 is 10.6 Å². The molecule has 0 saturated carbocycles. The SMILES string of the molecule is C=CCNC(=O)C(C)N(C)CC(=O)NCCCOC. The van der Waals surface area contributed by atoms with E-state index in [1.165, 1.54) is 0 Å². The molecule has 1 atom stereocenters. The van der Waals surface area contributed by atoms with E-state index in [2.05, 4.69) is 17.2 Å². The van der Waals surface area contributed by atoms with Gasteiger partial charge in [-0.3, -0.25) is 14.5 Å². The fourth-order valence-electron chi connectivity index (χ4n) is 1.38. The lowest BCUT2D eigenvalue weighted by molar-refractivity contribution is -0.127. The van der Waals surface area contributed by atoms with Gasteiger partial charge in [0.05, 0.1) is 12.6 Å². The van der Waals surface area contributed by atoms with E-state index in [4.69, 9.17) is 4.74 Å². The number of ether oxygens (including phenoxy) is 1. The van der Waals surface area contributed by atoms with E-state index in [1.807, 2.05) is 0 Å². The molecule has 0 aliphatic heterocycles. The zero-order valence-corrected chi connectivity index (χ0v) is 12.1. The highest BCUT2D eigenvalue weighted by molar-refractivity contribution is 5.83. The van der Waals surface area contributed by atoms with Crippen LogP contribution in [-0.2, 0) is 14.3 Å². The van der Waals surface area contributed by atoms with Crippen molar-refractivity contribution >= 4 is 11.8 Å². The minimum absolute atomic E-state index is 0.0954. The van der Waals surface area contributed by atoms with E-state index >= 15 is 0 Å². The first-order chi connectivity index (χ1) is 9.02. The van der Waals surface area contributed by atoms with E-state index in [9.17, 15) is 9.59 Å². The van der Waals surface area contributed by atoms with Crippen LogP contribution in [-0.4, -0.2) is 63.2 Å². The summed E-state index contributed by atoms with van der Waals surface area (Å²) < 4.78 is 4.89. The molecule has 0 rings (SSSR count). The summed E-state index contributed by atoms with van der Waals surface area (Å²) >= 11 is 0. The Morgan fingerprint density at radius 3 is 2.68 bits per heavy atom. The number of likely N-dealkylation sites (N-methyl/N-ethyl adjacent to an activating group) is 1. The summed E-state index contributed by atoms with van der Waals surface area (Å²) in [5.74, 6) is -0.212. The van der Waals surface area contributed by atoms with E-state index in [0.717, 1.165) is 6.42 Å². The van der Waals surface area contributed by atoms with Gasteiger partial charge in [0, 0.05) is 26.8 Å². The number of amides is 2. The Morgan fingerprint density at radius 2 is 2.11 bits per heavy atom. The van der Waals surface area contributed by atoms with Gasteiger partial charge < -0.3 is 15.4 Å². The molecule has 0 aromatic heterocycles. The van der Waals surface area contributed by atoms with Crippen LogP contribution in [0.5, 0.6) is 0 Å². The van der Waals surface area contributed by atoms with E-state index in [-0.39, 0.29) is 24.4 Å². The lowest BCUT2D eigenvalue weighted by Crippen LogP contribution is -2.47. The summed E-state index contributed by atoms with van der Waals surface area (Å²) in [5, 5.41) is 5.48. The molecule has 0 radical (unpaired) electrons. The fourth-order valence-corrected chi connectivity index (χ4v) is 1.38. The summed E-state index contributed by atoms with van der Waals surface area (Å²) in [7, 11) is 3.37. The largest absolute Gasteiger partial charge is 0.385 e. The van der Waals surface area contributed by atoms with Gasteiger partial charge in [-0.25, -0.2) is 0 Å². The summed E-state index contributed by atoms with van der Waals surface area (Å²) in [5.41, 5.74) is 0. The second-order valence-corrected chi connectivity index (χ2v) is 4.32. The van der Waals surface area contributed by atoms with Gasteiger partial charge >= 0.3 is 0 Å². The van der Waals surface area contributed by atoms with Crippen molar-refractivity contribution in [2.24, 2.45) is 0 Å². The summed E-state index contributed by atoms with van der Waals surface area (Å²) in [4.78, 5) is 25.0. The van der Waals surface area contributed by atoms with Crippen LogP contribution in [0.3, 0.4) is 0 Å². The summed E-state index contributed by atoms with van der Waals surface area (Å²) in [6, 6.07) is -0.357. The molecule has 110 valence electrons. The van der Waals surface area contributed by atoms with Crippen molar-refractivity contribution in [2.45, 2.75) is 19.4 Å². The maximum atomic E-state index is 11.7. The fraction of sp³-hybridized carbons (Fsp3) is 0.692. The quantitative estimate of drug-likeness (QED) is 0.425. The molecule has 0 bridgehead atoms. The third-order valence-corrected chi connectivity index (χ3v) is 2.70. The van der Waals surface area contributed by atoms with Gasteiger partial charge in [-0.05, 0) is 20.4 Å². The molecular weight excluding hydrogens is 246 g/mol. The van der Waals surface area contributed by atoms with Gasteiger partial charge in [-0.15, -0.1) is 6.58 Å². The lowest BCUT2D eigenvalue weighted by Gasteiger charge is -2.23. The first-order valence-electron chi connectivity index (χ1n) is 6.37. The number of hydrogen-bond donors (Lipinski definition) is 2. The van der Waals surface area contributed by atoms with Crippen molar-refractivity contribution in [3.05, 3.63) is 12.7 Å². The zero-order valence-electron chi connectivity index (χ0n) is 12.1. The molecule has 0 fully saturated rings. The van der Waals surface area contributed by atoms with Crippen molar-refractivity contribution in [1.29, 1.82) is 0 Å². The van der Waals surface area contributed by atoms with Crippen molar-refractivity contribution in [3.8, 4) is 0 Å². The number of rotatable bonds is 10. The molecular formula is C13H25N3O3. The molecule has 6 nitrogen and oxygen atoms in total. The van der Waals surface area contributed by atoms with Gasteiger partial charge in [-0.2, -0.15) is 0 Å². The minimum atomic E-state index is -0.357. The zero-order chi connectivity index (χ0) is 14.7. The molecule has 1 unspecified atom stereocenters. The molecule has 2 amide bonds. The average molecular weight is 271 g/mol. The van der Waals surface area contributed by atoms with Crippen LogP contribution in [0, 0.1) is 0 Å². The molecule has 6 heteroatoms. The molecule has 2 N–H and O–H groups in total. The maximum absolute atomic E-state index is 11.7. The van der Waals surface area contributed by atoms with Gasteiger partial charge in [0.1, 0.15) is 0 Å². The molecule has 0 aromatic rings. The topological polar surface area (TPSA) is 70.7 Å². The Balaban J connectivity index is 3.93. The van der Waals surface area contributed by atoms with Crippen LogP contribution in [0.25, 0.3) is 0 Å². The molecule has 0 aliphatic rings. The Bertz CT molecular complexity index is 295. The third-order valence-electron chi connectivity index (χ3n) is 2.70. The van der Waals surface area contributed by atoms with Crippen molar-refractivity contribution in [2.75, 3.05) is 40.4 Å². The van der Waals surface area contributed by atoms with Crippen LogP contribution in [0.2, 0.25) is 0 Å². The standard InChI is InChI=1S/C13H25N3O3/c1-5-7-15-13(18)11(2)16(3)10-12(17)14-8-6-9-19-4/h5,11H,1,6-10H2,2-4H3,(H,14,17)(H,15,18). The predicted molar refractivity (Wildman–Crippen MR) is 74.8 cm³/mol. The number of carbonyl (C=O) groups excluding carboxylic acids is 2. The van der Waals surface area contributed by atoms with E-state index in [1.54, 1.807) is 32.1 Å². The monoisotopic (exact) mass is 271 g/mol. The van der Waals surface area contributed by atoms with Gasteiger partial charge in [-0.1, -0.05) is 6.08 Å². The van der Waals surface area contributed by atoms with Gasteiger partial charge in [0.15, 0.2) is 0 Å².